The topological polar surface area (TPSA) is 58.9 Å². The van der Waals surface area contributed by atoms with Crippen molar-refractivity contribution in [2.24, 2.45) is 11.1 Å². The Morgan fingerprint density at radius 3 is 3.08 bits per heavy atom. The minimum atomic E-state index is -0.229. The summed E-state index contributed by atoms with van der Waals surface area (Å²) in [5.41, 5.74) is 0.747. The zero-order valence-electron chi connectivity index (χ0n) is 7.82. The first-order valence-corrected chi connectivity index (χ1v) is 4.55. The van der Waals surface area contributed by atoms with Crippen LogP contribution in [0.3, 0.4) is 0 Å². The molecule has 1 atom stereocenters. The van der Waals surface area contributed by atoms with E-state index in [2.05, 4.69) is 9.89 Å². The lowest BCUT2D eigenvalue weighted by atomic mass is 9.85. The molecule has 0 aliphatic heterocycles. The summed E-state index contributed by atoms with van der Waals surface area (Å²) in [5.74, 6) is -0.140. The van der Waals surface area contributed by atoms with Gasteiger partial charge in [-0.2, -0.15) is 0 Å². The fraction of sp³-hybridized carbons (Fsp3) is 0.778. The fourth-order valence-corrected chi connectivity index (χ4v) is 1.70. The Balaban J connectivity index is 2.50. The Bertz CT molecular complexity index is 213. The van der Waals surface area contributed by atoms with E-state index in [1.54, 1.807) is 0 Å². The zero-order valence-corrected chi connectivity index (χ0v) is 7.82. The minimum Gasteiger partial charge on any atom is -0.469 e. The molecule has 0 aromatic heterocycles. The second kappa shape index (κ2) is 4.84. The number of ether oxygens (including phenoxy) is 1. The van der Waals surface area contributed by atoms with Gasteiger partial charge in [0.25, 0.3) is 0 Å². The first-order valence-electron chi connectivity index (χ1n) is 4.55. The Kier molecular flexibility index (Phi) is 3.73. The third-order valence-electron chi connectivity index (χ3n) is 2.48. The van der Waals surface area contributed by atoms with Crippen molar-refractivity contribution in [3.05, 3.63) is 0 Å². The summed E-state index contributed by atoms with van der Waals surface area (Å²) in [6.45, 7) is 0. The van der Waals surface area contributed by atoms with Crippen LogP contribution < -0.4 is 0 Å². The molecular formula is C9H15NO3. The maximum Gasteiger partial charge on any atom is 0.306 e. The molecule has 1 fully saturated rings. The van der Waals surface area contributed by atoms with Crippen molar-refractivity contribution in [3.8, 4) is 0 Å². The predicted molar refractivity (Wildman–Crippen MR) is 47.8 cm³/mol. The Morgan fingerprint density at radius 2 is 2.46 bits per heavy atom. The SMILES string of the molecule is COC(=O)C[C@@H]1CCCCC1=NO. The van der Waals surface area contributed by atoms with Crippen molar-refractivity contribution >= 4 is 11.7 Å². The van der Waals surface area contributed by atoms with Crippen LogP contribution in [0.1, 0.15) is 32.1 Å². The molecule has 4 nitrogen and oxygen atoms in total. The first-order chi connectivity index (χ1) is 6.27. The molecule has 0 spiro atoms. The van der Waals surface area contributed by atoms with E-state index in [1.165, 1.54) is 7.11 Å². The molecule has 0 bridgehead atoms. The third-order valence-corrected chi connectivity index (χ3v) is 2.48. The number of hydrogen-bond donors (Lipinski definition) is 1. The summed E-state index contributed by atoms with van der Waals surface area (Å²) >= 11 is 0. The van der Waals surface area contributed by atoms with Crippen molar-refractivity contribution in [1.82, 2.24) is 0 Å². The number of oxime groups is 1. The molecule has 1 saturated carbocycles. The van der Waals surface area contributed by atoms with Crippen LogP contribution in [-0.2, 0) is 9.53 Å². The van der Waals surface area contributed by atoms with Crippen LogP contribution >= 0.6 is 0 Å². The number of carbonyl (C=O) groups is 1. The minimum absolute atomic E-state index is 0.0891. The van der Waals surface area contributed by atoms with Crippen LogP contribution in [0.15, 0.2) is 5.16 Å². The maximum absolute atomic E-state index is 11.0. The number of nitrogens with zero attached hydrogens (tertiary/aromatic N) is 1. The molecule has 4 heteroatoms. The Morgan fingerprint density at radius 1 is 1.69 bits per heavy atom. The van der Waals surface area contributed by atoms with Crippen LogP contribution in [0.5, 0.6) is 0 Å². The summed E-state index contributed by atoms with van der Waals surface area (Å²) in [7, 11) is 1.38. The smallest absolute Gasteiger partial charge is 0.306 e. The van der Waals surface area contributed by atoms with Gasteiger partial charge < -0.3 is 9.94 Å². The van der Waals surface area contributed by atoms with Crippen molar-refractivity contribution < 1.29 is 14.7 Å². The summed E-state index contributed by atoms with van der Waals surface area (Å²) in [6, 6.07) is 0. The van der Waals surface area contributed by atoms with E-state index in [9.17, 15) is 4.79 Å². The standard InChI is InChI=1S/C9H15NO3/c1-13-9(11)6-7-4-2-3-5-8(7)10-12/h7,12H,2-6H2,1H3/t7-/m0/s1. The lowest BCUT2D eigenvalue weighted by Gasteiger charge is -2.21. The number of rotatable bonds is 2. The van der Waals surface area contributed by atoms with Gasteiger partial charge in [-0.3, -0.25) is 4.79 Å². The second-order valence-corrected chi connectivity index (χ2v) is 3.31. The van der Waals surface area contributed by atoms with Crippen LogP contribution in [-0.4, -0.2) is 24.0 Å². The lowest BCUT2D eigenvalue weighted by molar-refractivity contribution is -0.141. The van der Waals surface area contributed by atoms with Crippen LogP contribution in [0.25, 0.3) is 0 Å². The van der Waals surface area contributed by atoms with Crippen LogP contribution in [0.2, 0.25) is 0 Å². The van der Waals surface area contributed by atoms with Crippen LogP contribution in [0, 0.1) is 5.92 Å². The summed E-state index contributed by atoms with van der Waals surface area (Å²) in [6.07, 6.45) is 4.22. The van der Waals surface area contributed by atoms with Gasteiger partial charge in [-0.1, -0.05) is 11.6 Å². The maximum atomic E-state index is 11.0. The predicted octanol–water partition coefficient (Wildman–Crippen LogP) is 1.57. The molecule has 74 valence electrons. The summed E-state index contributed by atoms with van der Waals surface area (Å²) in [5, 5.41) is 11.9. The highest BCUT2D eigenvalue weighted by atomic mass is 16.5. The van der Waals surface area contributed by atoms with E-state index in [0.717, 1.165) is 31.4 Å². The van der Waals surface area contributed by atoms with E-state index < -0.39 is 0 Å². The molecular weight excluding hydrogens is 170 g/mol. The molecule has 0 radical (unpaired) electrons. The third kappa shape index (κ3) is 2.72. The second-order valence-electron chi connectivity index (χ2n) is 3.31. The number of esters is 1. The average molecular weight is 185 g/mol. The van der Waals surface area contributed by atoms with Crippen molar-refractivity contribution in [2.75, 3.05) is 7.11 Å². The highest BCUT2D eigenvalue weighted by Crippen LogP contribution is 2.24. The zero-order chi connectivity index (χ0) is 9.68. The molecule has 13 heavy (non-hydrogen) atoms. The highest BCUT2D eigenvalue weighted by Gasteiger charge is 2.23. The van der Waals surface area contributed by atoms with Crippen LogP contribution in [0.4, 0.5) is 0 Å². The molecule has 1 aliphatic carbocycles. The largest absolute Gasteiger partial charge is 0.469 e. The summed E-state index contributed by atoms with van der Waals surface area (Å²) in [4.78, 5) is 11.0. The van der Waals surface area contributed by atoms with Gasteiger partial charge in [-0.15, -0.1) is 0 Å². The normalized spacial score (nSPS) is 25.9. The number of carbonyl (C=O) groups excluding carboxylic acids is 1. The Labute approximate surface area is 77.6 Å². The van der Waals surface area contributed by atoms with E-state index in [0.29, 0.717) is 6.42 Å². The molecule has 0 amide bonds. The van der Waals surface area contributed by atoms with Gasteiger partial charge in [-0.25, -0.2) is 0 Å². The molecule has 1 aliphatic rings. The molecule has 0 aromatic carbocycles. The van der Waals surface area contributed by atoms with Gasteiger partial charge in [-0.05, 0) is 19.3 Å². The van der Waals surface area contributed by atoms with Gasteiger partial charge in [0, 0.05) is 5.92 Å². The van der Waals surface area contributed by atoms with Gasteiger partial charge >= 0.3 is 5.97 Å². The number of methoxy groups -OCH3 is 1. The lowest BCUT2D eigenvalue weighted by Crippen LogP contribution is -2.22. The van der Waals surface area contributed by atoms with Gasteiger partial charge in [0.1, 0.15) is 0 Å². The van der Waals surface area contributed by atoms with Gasteiger partial charge in [0.15, 0.2) is 0 Å². The molecule has 0 heterocycles. The molecule has 1 rings (SSSR count). The molecule has 0 unspecified atom stereocenters. The quantitative estimate of drug-likeness (QED) is 0.403. The van der Waals surface area contributed by atoms with Gasteiger partial charge in [0.2, 0.25) is 0 Å². The molecule has 1 N–H and O–H groups in total. The van der Waals surface area contributed by atoms with E-state index in [4.69, 9.17) is 5.21 Å². The monoisotopic (exact) mass is 185 g/mol. The van der Waals surface area contributed by atoms with Crippen molar-refractivity contribution in [2.45, 2.75) is 32.1 Å². The fourth-order valence-electron chi connectivity index (χ4n) is 1.70. The van der Waals surface area contributed by atoms with E-state index in [1.807, 2.05) is 0 Å². The van der Waals surface area contributed by atoms with Crippen molar-refractivity contribution in [3.63, 3.8) is 0 Å². The highest BCUT2D eigenvalue weighted by molar-refractivity contribution is 5.89. The van der Waals surface area contributed by atoms with Gasteiger partial charge in [0.05, 0.1) is 19.2 Å². The molecule has 0 saturated heterocycles. The Hall–Kier alpha value is -1.06. The number of hydrogen-bond acceptors (Lipinski definition) is 4. The van der Waals surface area contributed by atoms with E-state index >= 15 is 0 Å². The average Bonchev–Trinajstić information content (AvgIpc) is 2.18. The van der Waals surface area contributed by atoms with E-state index in [-0.39, 0.29) is 11.9 Å². The first kappa shape index (κ1) is 10.0. The summed E-state index contributed by atoms with van der Waals surface area (Å²) < 4.78 is 4.57. The van der Waals surface area contributed by atoms with Crippen molar-refractivity contribution in [1.29, 1.82) is 0 Å². The molecule has 0 aromatic rings.